The van der Waals surface area contributed by atoms with Crippen LogP contribution in [0.3, 0.4) is 0 Å². The SMILES string of the molecule is COC(=O)c1ccc(NC(=O)c2cc(-c3ccco3)nc3c2c(C)nn3[C@@H]2CCS(=O)(=O)C2)cc1. The van der Waals surface area contributed by atoms with Crippen LogP contribution in [0.4, 0.5) is 5.69 Å². The standard InChI is InChI=1S/C24H22N4O6S/c1-14-21-18(23(29)25-16-7-5-15(6-8-16)24(30)33-2)12-19(20-4-3-10-34-20)26-22(21)28(27-14)17-9-11-35(31,32)13-17/h3-8,10,12,17H,9,11,13H2,1-2H3,(H,25,29)/t17-/m1/s1. The van der Waals surface area contributed by atoms with Gasteiger partial charge in [0, 0.05) is 5.69 Å². The Morgan fingerprint density at radius 1 is 1.20 bits per heavy atom. The van der Waals surface area contributed by atoms with Crippen LogP contribution in [0.5, 0.6) is 0 Å². The number of fused-ring (bicyclic) bond motifs is 1. The third-order valence-electron chi connectivity index (χ3n) is 5.97. The van der Waals surface area contributed by atoms with E-state index in [1.54, 1.807) is 54.1 Å². The first-order chi connectivity index (χ1) is 16.8. The van der Waals surface area contributed by atoms with E-state index in [0.29, 0.717) is 51.4 Å². The minimum atomic E-state index is -3.15. The molecule has 35 heavy (non-hydrogen) atoms. The van der Waals surface area contributed by atoms with Crippen LogP contribution in [-0.2, 0) is 14.6 Å². The maximum Gasteiger partial charge on any atom is 0.337 e. The molecule has 10 nitrogen and oxygen atoms in total. The number of benzene rings is 1. The zero-order valence-corrected chi connectivity index (χ0v) is 19.8. The predicted octanol–water partition coefficient (Wildman–Crippen LogP) is 3.40. The van der Waals surface area contributed by atoms with Gasteiger partial charge in [-0.05, 0) is 55.8 Å². The molecular formula is C24H22N4O6S. The van der Waals surface area contributed by atoms with E-state index in [1.165, 1.54) is 13.4 Å². The third-order valence-corrected chi connectivity index (χ3v) is 7.72. The molecule has 1 N–H and O–H groups in total. The Morgan fingerprint density at radius 3 is 2.60 bits per heavy atom. The van der Waals surface area contributed by atoms with Gasteiger partial charge < -0.3 is 14.5 Å². The summed E-state index contributed by atoms with van der Waals surface area (Å²) in [5.41, 5.74) is 2.58. The molecule has 3 aromatic heterocycles. The topological polar surface area (TPSA) is 133 Å². The van der Waals surface area contributed by atoms with Crippen LogP contribution in [-0.4, -0.2) is 53.7 Å². The lowest BCUT2D eigenvalue weighted by Gasteiger charge is -2.12. The van der Waals surface area contributed by atoms with Crippen LogP contribution in [0.15, 0.2) is 53.1 Å². The second-order valence-electron chi connectivity index (χ2n) is 8.34. The van der Waals surface area contributed by atoms with Gasteiger partial charge in [-0.3, -0.25) is 4.79 Å². The molecule has 1 aliphatic heterocycles. The molecule has 1 atom stereocenters. The minimum Gasteiger partial charge on any atom is -0.465 e. The van der Waals surface area contributed by atoms with Crippen LogP contribution in [0.2, 0.25) is 0 Å². The molecule has 180 valence electrons. The molecule has 1 fully saturated rings. The molecule has 4 aromatic rings. The first-order valence-corrected chi connectivity index (χ1v) is 12.7. The monoisotopic (exact) mass is 494 g/mol. The summed E-state index contributed by atoms with van der Waals surface area (Å²) in [6, 6.07) is 11.0. The highest BCUT2D eigenvalue weighted by atomic mass is 32.2. The van der Waals surface area contributed by atoms with Crippen molar-refractivity contribution in [2.45, 2.75) is 19.4 Å². The lowest BCUT2D eigenvalue weighted by molar-refractivity contribution is 0.0600. The van der Waals surface area contributed by atoms with Gasteiger partial charge >= 0.3 is 5.97 Å². The second-order valence-corrected chi connectivity index (χ2v) is 10.6. The van der Waals surface area contributed by atoms with Crippen molar-refractivity contribution in [3.05, 3.63) is 65.5 Å². The predicted molar refractivity (Wildman–Crippen MR) is 128 cm³/mol. The minimum absolute atomic E-state index is 0.0239. The van der Waals surface area contributed by atoms with Crippen LogP contribution in [0.25, 0.3) is 22.5 Å². The molecule has 0 unspecified atom stereocenters. The number of rotatable bonds is 5. The van der Waals surface area contributed by atoms with E-state index in [1.807, 2.05) is 0 Å². The van der Waals surface area contributed by atoms with E-state index in [0.717, 1.165) is 0 Å². The molecule has 11 heteroatoms. The number of carbonyl (C=O) groups is 2. The normalized spacial score (nSPS) is 16.9. The number of anilines is 1. The van der Waals surface area contributed by atoms with Crippen LogP contribution in [0, 0.1) is 6.92 Å². The fourth-order valence-electron chi connectivity index (χ4n) is 4.27. The number of methoxy groups -OCH3 is 1. The lowest BCUT2D eigenvalue weighted by atomic mass is 10.1. The third kappa shape index (κ3) is 4.30. The number of hydrogen-bond donors (Lipinski definition) is 1. The molecule has 0 radical (unpaired) electrons. The molecule has 4 heterocycles. The number of amides is 1. The summed E-state index contributed by atoms with van der Waals surface area (Å²) in [4.78, 5) is 29.8. The van der Waals surface area contributed by atoms with E-state index >= 15 is 0 Å². The molecule has 0 saturated carbocycles. The fraction of sp³-hybridized carbons (Fsp3) is 0.250. The highest BCUT2D eigenvalue weighted by Crippen LogP contribution is 2.32. The fourth-order valence-corrected chi connectivity index (χ4v) is 5.96. The number of pyridine rings is 1. The summed E-state index contributed by atoms with van der Waals surface area (Å²) in [5, 5.41) is 7.96. The van der Waals surface area contributed by atoms with Gasteiger partial charge in [-0.2, -0.15) is 5.10 Å². The number of ether oxygens (including phenoxy) is 1. The van der Waals surface area contributed by atoms with Crippen LogP contribution >= 0.6 is 0 Å². The Bertz CT molecular complexity index is 1540. The summed E-state index contributed by atoms with van der Waals surface area (Å²) in [6.07, 6.45) is 1.94. The van der Waals surface area contributed by atoms with Gasteiger partial charge in [0.25, 0.3) is 5.91 Å². The van der Waals surface area contributed by atoms with Gasteiger partial charge in [0.1, 0.15) is 5.69 Å². The quantitative estimate of drug-likeness (QED) is 0.417. The number of aromatic nitrogens is 3. The highest BCUT2D eigenvalue weighted by Gasteiger charge is 2.32. The van der Waals surface area contributed by atoms with Gasteiger partial charge in [-0.25, -0.2) is 22.9 Å². The Balaban J connectivity index is 1.58. The summed E-state index contributed by atoms with van der Waals surface area (Å²) >= 11 is 0. The number of carbonyl (C=O) groups excluding carboxylic acids is 2. The van der Waals surface area contributed by atoms with E-state index in [-0.39, 0.29) is 17.5 Å². The Labute approximate surface area is 200 Å². The van der Waals surface area contributed by atoms with Crippen molar-refractivity contribution in [1.29, 1.82) is 0 Å². The molecule has 1 amide bonds. The van der Waals surface area contributed by atoms with E-state index < -0.39 is 21.7 Å². The average Bonchev–Trinajstić information content (AvgIpc) is 3.58. The van der Waals surface area contributed by atoms with Gasteiger partial charge in [0.2, 0.25) is 0 Å². The van der Waals surface area contributed by atoms with Gasteiger partial charge in [0.05, 0.1) is 53.1 Å². The van der Waals surface area contributed by atoms with Crippen molar-refractivity contribution < 1.29 is 27.2 Å². The maximum atomic E-state index is 13.4. The smallest absolute Gasteiger partial charge is 0.337 e. The van der Waals surface area contributed by atoms with Crippen molar-refractivity contribution in [2.24, 2.45) is 0 Å². The first-order valence-electron chi connectivity index (χ1n) is 10.9. The van der Waals surface area contributed by atoms with Crippen molar-refractivity contribution in [3.63, 3.8) is 0 Å². The molecule has 1 saturated heterocycles. The molecular weight excluding hydrogens is 472 g/mol. The Hall–Kier alpha value is -3.99. The van der Waals surface area contributed by atoms with Crippen molar-refractivity contribution in [1.82, 2.24) is 14.8 Å². The molecule has 0 aliphatic carbocycles. The molecule has 0 spiro atoms. The van der Waals surface area contributed by atoms with E-state index in [2.05, 4.69) is 10.4 Å². The molecule has 0 bridgehead atoms. The molecule has 1 aromatic carbocycles. The van der Waals surface area contributed by atoms with Crippen molar-refractivity contribution >= 4 is 38.4 Å². The largest absolute Gasteiger partial charge is 0.465 e. The first kappa shape index (κ1) is 22.8. The van der Waals surface area contributed by atoms with Crippen molar-refractivity contribution in [2.75, 3.05) is 23.9 Å². The van der Waals surface area contributed by atoms with Crippen LogP contribution < -0.4 is 5.32 Å². The number of aryl methyl sites for hydroxylation is 1. The second kappa shape index (κ2) is 8.66. The summed E-state index contributed by atoms with van der Waals surface area (Å²) < 4.78 is 36.0. The lowest BCUT2D eigenvalue weighted by Crippen LogP contribution is -2.15. The zero-order valence-electron chi connectivity index (χ0n) is 19.0. The number of furan rings is 1. The summed E-state index contributed by atoms with van der Waals surface area (Å²) in [7, 11) is -1.86. The highest BCUT2D eigenvalue weighted by molar-refractivity contribution is 7.91. The Morgan fingerprint density at radius 2 is 1.97 bits per heavy atom. The van der Waals surface area contributed by atoms with Gasteiger partial charge in [-0.15, -0.1) is 0 Å². The average molecular weight is 495 g/mol. The van der Waals surface area contributed by atoms with Crippen LogP contribution in [0.1, 0.15) is 38.9 Å². The Kier molecular flexibility index (Phi) is 5.64. The van der Waals surface area contributed by atoms with Crippen molar-refractivity contribution in [3.8, 4) is 11.5 Å². The van der Waals surface area contributed by atoms with Gasteiger partial charge in [-0.1, -0.05) is 0 Å². The maximum absolute atomic E-state index is 13.4. The zero-order chi connectivity index (χ0) is 24.7. The van der Waals surface area contributed by atoms with E-state index in [4.69, 9.17) is 14.1 Å². The number of nitrogens with one attached hydrogen (secondary N) is 1. The summed E-state index contributed by atoms with van der Waals surface area (Å²) in [5.74, 6) is -0.348. The molecule has 5 rings (SSSR count). The number of sulfone groups is 1. The number of esters is 1. The number of hydrogen-bond acceptors (Lipinski definition) is 8. The number of nitrogens with zero attached hydrogens (tertiary/aromatic N) is 3. The van der Waals surface area contributed by atoms with Gasteiger partial charge in [0.15, 0.2) is 21.2 Å². The van der Waals surface area contributed by atoms with E-state index in [9.17, 15) is 18.0 Å². The molecule has 1 aliphatic rings. The summed E-state index contributed by atoms with van der Waals surface area (Å²) in [6.45, 7) is 1.76.